The first-order valence-corrected chi connectivity index (χ1v) is 4.18. The Hall–Kier alpha value is 0.110. The maximum Gasteiger partial charge on any atom is 0.193 e. The molecule has 0 bridgehead atoms. The Morgan fingerprint density at radius 3 is 2.78 bits per heavy atom. The lowest BCUT2D eigenvalue weighted by Crippen LogP contribution is -2.21. The summed E-state index contributed by atoms with van der Waals surface area (Å²) in [5.74, 6) is 0. The van der Waals surface area contributed by atoms with Crippen molar-refractivity contribution in [3.63, 3.8) is 0 Å². The minimum atomic E-state index is -2.02. The summed E-state index contributed by atoms with van der Waals surface area (Å²) in [6, 6.07) is 0. The molecule has 0 saturated carbocycles. The fourth-order valence-electron chi connectivity index (χ4n) is 0.359. The van der Waals surface area contributed by atoms with Crippen LogP contribution in [0.15, 0.2) is 0 Å². The minimum absolute atomic E-state index is 0.139. The number of rotatable bonds is 4. The summed E-state index contributed by atoms with van der Waals surface area (Å²) in [6.07, 6.45) is -0.520. The van der Waals surface area contributed by atoms with Gasteiger partial charge in [0.1, 0.15) is 0 Å². The summed E-state index contributed by atoms with van der Waals surface area (Å²) in [6.45, 7) is 0.139. The molecule has 9 heavy (non-hydrogen) atoms. The fraction of sp³-hybridized carbons (Fsp3) is 1.00. The SMILES string of the molecule is CO[PH](=O)CC(O)CN. The predicted molar refractivity (Wildman–Crippen MR) is 35.9 cm³/mol. The van der Waals surface area contributed by atoms with Crippen molar-refractivity contribution >= 4 is 8.03 Å². The van der Waals surface area contributed by atoms with Crippen molar-refractivity contribution in [1.29, 1.82) is 0 Å². The molecule has 0 saturated heterocycles. The van der Waals surface area contributed by atoms with Crippen LogP contribution in [0.25, 0.3) is 0 Å². The molecule has 4 nitrogen and oxygen atoms in total. The van der Waals surface area contributed by atoms with Gasteiger partial charge in [-0.1, -0.05) is 0 Å². The largest absolute Gasteiger partial charge is 0.391 e. The van der Waals surface area contributed by atoms with Crippen molar-refractivity contribution in [3.05, 3.63) is 0 Å². The third kappa shape index (κ3) is 4.60. The Bertz CT molecular complexity index is 97.8. The first-order valence-electron chi connectivity index (χ1n) is 2.65. The summed E-state index contributed by atoms with van der Waals surface area (Å²) in [7, 11) is -0.668. The van der Waals surface area contributed by atoms with Crippen LogP contribution < -0.4 is 5.73 Å². The molecule has 0 rings (SSSR count). The Morgan fingerprint density at radius 1 is 1.89 bits per heavy atom. The summed E-state index contributed by atoms with van der Waals surface area (Å²) in [4.78, 5) is 0. The van der Waals surface area contributed by atoms with E-state index < -0.39 is 14.1 Å². The van der Waals surface area contributed by atoms with Crippen LogP contribution in [-0.4, -0.2) is 31.0 Å². The average molecular weight is 153 g/mol. The summed E-state index contributed by atoms with van der Waals surface area (Å²) >= 11 is 0. The maximum atomic E-state index is 10.5. The molecule has 0 aromatic carbocycles. The molecule has 0 aliphatic heterocycles. The molecule has 0 heterocycles. The van der Waals surface area contributed by atoms with Crippen LogP contribution in [0, 0.1) is 0 Å². The van der Waals surface area contributed by atoms with E-state index in [0.29, 0.717) is 0 Å². The highest BCUT2D eigenvalue weighted by Crippen LogP contribution is 2.20. The highest BCUT2D eigenvalue weighted by atomic mass is 31.1. The van der Waals surface area contributed by atoms with E-state index in [1.165, 1.54) is 7.11 Å². The zero-order valence-electron chi connectivity index (χ0n) is 5.33. The predicted octanol–water partition coefficient (Wildman–Crippen LogP) is -0.573. The smallest absolute Gasteiger partial charge is 0.193 e. The van der Waals surface area contributed by atoms with Gasteiger partial charge in [0.2, 0.25) is 0 Å². The van der Waals surface area contributed by atoms with Crippen molar-refractivity contribution in [2.45, 2.75) is 6.10 Å². The van der Waals surface area contributed by atoms with Crippen LogP contribution in [0.5, 0.6) is 0 Å². The van der Waals surface area contributed by atoms with Crippen molar-refractivity contribution < 1.29 is 14.2 Å². The molecule has 0 spiro atoms. The molecule has 0 aromatic heterocycles. The lowest BCUT2D eigenvalue weighted by atomic mass is 10.4. The van der Waals surface area contributed by atoms with Gasteiger partial charge < -0.3 is 15.4 Å². The Balaban J connectivity index is 3.34. The minimum Gasteiger partial charge on any atom is -0.391 e. The maximum absolute atomic E-state index is 10.5. The lowest BCUT2D eigenvalue weighted by molar-refractivity contribution is 0.202. The zero-order chi connectivity index (χ0) is 7.28. The van der Waals surface area contributed by atoms with Crippen LogP contribution in [-0.2, 0) is 9.09 Å². The average Bonchev–Trinajstić information content (AvgIpc) is 1.87. The van der Waals surface area contributed by atoms with Gasteiger partial charge in [0.15, 0.2) is 8.03 Å². The standard InChI is InChI=1S/C4H12NO3P/c1-8-9(7)3-4(6)2-5/h4,6,9H,2-3,5H2,1H3. The number of hydrogen-bond acceptors (Lipinski definition) is 4. The van der Waals surface area contributed by atoms with Gasteiger partial charge in [-0.2, -0.15) is 0 Å². The molecule has 56 valence electrons. The van der Waals surface area contributed by atoms with Gasteiger partial charge >= 0.3 is 0 Å². The Kier molecular flexibility index (Phi) is 5.00. The summed E-state index contributed by atoms with van der Waals surface area (Å²) < 4.78 is 15.0. The molecular weight excluding hydrogens is 141 g/mol. The molecule has 0 fully saturated rings. The molecular formula is C4H12NO3P. The summed E-state index contributed by atoms with van der Waals surface area (Å²) in [5.41, 5.74) is 5.05. The molecule has 0 radical (unpaired) electrons. The van der Waals surface area contributed by atoms with Gasteiger partial charge in [0.25, 0.3) is 0 Å². The lowest BCUT2D eigenvalue weighted by Gasteiger charge is -2.04. The summed E-state index contributed by atoms with van der Waals surface area (Å²) in [5, 5.41) is 8.78. The second-order valence-electron chi connectivity index (χ2n) is 1.67. The van der Waals surface area contributed by atoms with E-state index in [1.54, 1.807) is 0 Å². The molecule has 0 aliphatic carbocycles. The molecule has 2 unspecified atom stereocenters. The van der Waals surface area contributed by atoms with E-state index in [0.717, 1.165) is 0 Å². The zero-order valence-corrected chi connectivity index (χ0v) is 6.33. The van der Waals surface area contributed by atoms with Crippen LogP contribution in [0.1, 0.15) is 0 Å². The van der Waals surface area contributed by atoms with Gasteiger partial charge in [0, 0.05) is 19.8 Å². The Labute approximate surface area is 54.9 Å². The quantitative estimate of drug-likeness (QED) is 0.530. The molecule has 2 atom stereocenters. The highest BCUT2D eigenvalue weighted by molar-refractivity contribution is 7.39. The fourth-order valence-corrected chi connectivity index (χ4v) is 1.08. The van der Waals surface area contributed by atoms with Crippen LogP contribution in [0.4, 0.5) is 0 Å². The van der Waals surface area contributed by atoms with E-state index in [1.807, 2.05) is 0 Å². The molecule has 0 aromatic rings. The van der Waals surface area contributed by atoms with Crippen molar-refractivity contribution in [2.24, 2.45) is 5.73 Å². The number of aliphatic hydroxyl groups excluding tert-OH is 1. The van der Waals surface area contributed by atoms with Crippen molar-refractivity contribution in [3.8, 4) is 0 Å². The first-order chi connectivity index (χ1) is 4.20. The van der Waals surface area contributed by atoms with Gasteiger partial charge in [-0.05, 0) is 0 Å². The molecule has 3 N–H and O–H groups in total. The normalized spacial score (nSPS) is 17.2. The first kappa shape index (κ1) is 9.11. The van der Waals surface area contributed by atoms with Crippen molar-refractivity contribution in [1.82, 2.24) is 0 Å². The van der Waals surface area contributed by atoms with E-state index in [4.69, 9.17) is 10.8 Å². The van der Waals surface area contributed by atoms with Gasteiger partial charge in [-0.15, -0.1) is 0 Å². The van der Waals surface area contributed by atoms with E-state index in [9.17, 15) is 4.57 Å². The van der Waals surface area contributed by atoms with Crippen LogP contribution in [0.2, 0.25) is 0 Å². The van der Waals surface area contributed by atoms with E-state index in [-0.39, 0.29) is 12.7 Å². The Morgan fingerprint density at radius 2 is 2.44 bits per heavy atom. The molecule has 0 amide bonds. The monoisotopic (exact) mass is 153 g/mol. The second kappa shape index (κ2) is 4.94. The third-order valence-electron chi connectivity index (χ3n) is 0.902. The number of nitrogens with two attached hydrogens (primary N) is 1. The molecule has 0 aliphatic rings. The van der Waals surface area contributed by atoms with Gasteiger partial charge in [0.05, 0.1) is 6.10 Å². The second-order valence-corrected chi connectivity index (χ2v) is 3.23. The number of aliphatic hydroxyl groups is 1. The van der Waals surface area contributed by atoms with Crippen molar-refractivity contribution in [2.75, 3.05) is 19.8 Å². The third-order valence-corrected chi connectivity index (χ3v) is 2.16. The van der Waals surface area contributed by atoms with E-state index >= 15 is 0 Å². The van der Waals surface area contributed by atoms with E-state index in [2.05, 4.69) is 4.52 Å². The van der Waals surface area contributed by atoms with Crippen LogP contribution >= 0.6 is 8.03 Å². The molecule has 5 heteroatoms. The van der Waals surface area contributed by atoms with Gasteiger partial charge in [-0.3, -0.25) is 4.57 Å². The highest BCUT2D eigenvalue weighted by Gasteiger charge is 2.04. The van der Waals surface area contributed by atoms with Crippen LogP contribution in [0.3, 0.4) is 0 Å². The van der Waals surface area contributed by atoms with Gasteiger partial charge in [-0.25, -0.2) is 0 Å². The topological polar surface area (TPSA) is 72.5 Å². The number of hydrogen-bond donors (Lipinski definition) is 2.